The van der Waals surface area contributed by atoms with E-state index in [2.05, 4.69) is 17.6 Å². The maximum absolute atomic E-state index is 11.3. The van der Waals surface area contributed by atoms with Gasteiger partial charge in [-0.3, -0.25) is 14.9 Å². The molecule has 0 aliphatic heterocycles. The van der Waals surface area contributed by atoms with Gasteiger partial charge in [-0.1, -0.05) is 6.92 Å². The van der Waals surface area contributed by atoms with E-state index in [1.165, 1.54) is 12.8 Å². The summed E-state index contributed by atoms with van der Waals surface area (Å²) in [5.41, 5.74) is 0. The minimum Gasteiger partial charge on any atom is -0.481 e. The molecule has 0 aromatic rings. The van der Waals surface area contributed by atoms with E-state index in [1.807, 2.05) is 0 Å². The Balaban J connectivity index is 2.06. The zero-order chi connectivity index (χ0) is 13.5. The van der Waals surface area contributed by atoms with Gasteiger partial charge in [-0.05, 0) is 31.1 Å². The lowest BCUT2D eigenvalue weighted by Gasteiger charge is -2.11. The minimum absolute atomic E-state index is 0.0535. The minimum atomic E-state index is -0.939. The van der Waals surface area contributed by atoms with Gasteiger partial charge in [-0.2, -0.15) is 0 Å². The van der Waals surface area contributed by atoms with Crippen molar-refractivity contribution in [3.63, 3.8) is 0 Å². The lowest BCUT2D eigenvalue weighted by Crippen LogP contribution is -2.41. The Bertz CT molecular complexity index is 326. The first-order valence-corrected chi connectivity index (χ1v) is 6.28. The molecule has 1 aliphatic carbocycles. The molecule has 102 valence electrons. The summed E-state index contributed by atoms with van der Waals surface area (Å²) in [6, 6.07) is -0.497. The molecule has 1 unspecified atom stereocenters. The molecule has 0 radical (unpaired) electrons. The molecule has 3 N–H and O–H groups in total. The first-order chi connectivity index (χ1) is 8.49. The molecule has 0 saturated heterocycles. The van der Waals surface area contributed by atoms with E-state index < -0.39 is 17.9 Å². The highest BCUT2D eigenvalue weighted by Gasteiger charge is 2.27. The molecule has 3 amide bonds. The van der Waals surface area contributed by atoms with Crippen LogP contribution in [0.25, 0.3) is 0 Å². The standard InChI is InChI=1S/C12H20N2O4/c1-8(9-5-6-9)7-13-12(18)14-10(15)3-2-4-11(16)17/h8-9H,2-7H2,1H3,(H,16,17)(H2,13,14,15,18). The fourth-order valence-electron chi connectivity index (χ4n) is 1.72. The van der Waals surface area contributed by atoms with Crippen molar-refractivity contribution in [2.75, 3.05) is 6.54 Å². The molecular formula is C12H20N2O4. The number of rotatable bonds is 7. The van der Waals surface area contributed by atoms with Crippen molar-refractivity contribution in [1.29, 1.82) is 0 Å². The average molecular weight is 256 g/mol. The predicted molar refractivity (Wildman–Crippen MR) is 64.9 cm³/mol. The van der Waals surface area contributed by atoms with Crippen molar-refractivity contribution in [2.24, 2.45) is 11.8 Å². The van der Waals surface area contributed by atoms with Crippen molar-refractivity contribution in [3.05, 3.63) is 0 Å². The van der Waals surface area contributed by atoms with E-state index in [-0.39, 0.29) is 19.3 Å². The second-order valence-corrected chi connectivity index (χ2v) is 4.82. The van der Waals surface area contributed by atoms with Gasteiger partial charge >= 0.3 is 12.0 Å². The molecule has 6 heteroatoms. The van der Waals surface area contributed by atoms with Crippen molar-refractivity contribution in [3.8, 4) is 0 Å². The van der Waals surface area contributed by atoms with Crippen molar-refractivity contribution in [2.45, 2.75) is 39.0 Å². The molecule has 6 nitrogen and oxygen atoms in total. The number of carbonyl (C=O) groups excluding carboxylic acids is 2. The van der Waals surface area contributed by atoms with Gasteiger partial charge in [-0.25, -0.2) is 4.79 Å². The van der Waals surface area contributed by atoms with Gasteiger partial charge in [0.15, 0.2) is 0 Å². The Labute approximate surface area is 106 Å². The second kappa shape index (κ2) is 6.98. The van der Waals surface area contributed by atoms with Crippen LogP contribution in [0.1, 0.15) is 39.0 Å². The van der Waals surface area contributed by atoms with Crippen LogP contribution in [-0.4, -0.2) is 29.6 Å². The van der Waals surface area contributed by atoms with Crippen LogP contribution in [0.5, 0.6) is 0 Å². The number of carboxylic acids is 1. The number of nitrogens with one attached hydrogen (secondary N) is 2. The maximum atomic E-state index is 11.3. The Hall–Kier alpha value is -1.59. The molecule has 1 rings (SSSR count). The topological polar surface area (TPSA) is 95.5 Å². The largest absolute Gasteiger partial charge is 0.481 e. The highest BCUT2D eigenvalue weighted by atomic mass is 16.4. The summed E-state index contributed by atoms with van der Waals surface area (Å²) in [5, 5.41) is 13.2. The summed E-state index contributed by atoms with van der Waals surface area (Å²) in [4.78, 5) is 32.8. The predicted octanol–water partition coefficient (Wildman–Crippen LogP) is 1.11. The molecule has 1 saturated carbocycles. The molecule has 0 heterocycles. The maximum Gasteiger partial charge on any atom is 0.321 e. The highest BCUT2D eigenvalue weighted by molar-refractivity contribution is 5.94. The lowest BCUT2D eigenvalue weighted by atomic mass is 10.1. The van der Waals surface area contributed by atoms with Crippen LogP contribution in [0, 0.1) is 11.8 Å². The monoisotopic (exact) mass is 256 g/mol. The van der Waals surface area contributed by atoms with Crippen molar-refractivity contribution < 1.29 is 19.5 Å². The Morgan fingerprint density at radius 3 is 2.50 bits per heavy atom. The number of carbonyl (C=O) groups is 3. The number of carboxylic acid groups (broad SMARTS) is 1. The first-order valence-electron chi connectivity index (χ1n) is 6.28. The molecule has 0 aromatic heterocycles. The van der Waals surface area contributed by atoms with Crippen LogP contribution in [0.3, 0.4) is 0 Å². The van der Waals surface area contributed by atoms with E-state index in [0.717, 1.165) is 0 Å². The molecule has 1 atom stereocenters. The Kier molecular flexibility index (Phi) is 5.61. The van der Waals surface area contributed by atoms with E-state index in [4.69, 9.17) is 5.11 Å². The van der Waals surface area contributed by atoms with Gasteiger partial charge in [0.1, 0.15) is 0 Å². The van der Waals surface area contributed by atoms with Gasteiger partial charge in [-0.15, -0.1) is 0 Å². The SMILES string of the molecule is CC(CNC(=O)NC(=O)CCCC(=O)O)C1CC1. The van der Waals surface area contributed by atoms with E-state index in [0.29, 0.717) is 18.4 Å². The Morgan fingerprint density at radius 2 is 1.94 bits per heavy atom. The van der Waals surface area contributed by atoms with Crippen LogP contribution in [0.2, 0.25) is 0 Å². The second-order valence-electron chi connectivity index (χ2n) is 4.82. The zero-order valence-electron chi connectivity index (χ0n) is 10.6. The van der Waals surface area contributed by atoms with E-state index in [1.54, 1.807) is 0 Å². The van der Waals surface area contributed by atoms with Crippen LogP contribution < -0.4 is 10.6 Å². The van der Waals surface area contributed by atoms with Crippen LogP contribution in [-0.2, 0) is 9.59 Å². The molecule has 1 aliphatic rings. The lowest BCUT2D eigenvalue weighted by molar-refractivity contribution is -0.137. The number of imide groups is 1. The third kappa shape index (κ3) is 6.22. The van der Waals surface area contributed by atoms with Crippen LogP contribution in [0.15, 0.2) is 0 Å². The average Bonchev–Trinajstić information content (AvgIpc) is 3.09. The van der Waals surface area contributed by atoms with Gasteiger partial charge < -0.3 is 10.4 Å². The summed E-state index contributed by atoms with van der Waals surface area (Å²) < 4.78 is 0. The third-order valence-corrected chi connectivity index (χ3v) is 3.06. The van der Waals surface area contributed by atoms with Gasteiger partial charge in [0.2, 0.25) is 5.91 Å². The molecule has 1 fully saturated rings. The Morgan fingerprint density at radius 1 is 1.28 bits per heavy atom. The van der Waals surface area contributed by atoms with E-state index in [9.17, 15) is 14.4 Å². The number of aliphatic carboxylic acids is 1. The number of hydrogen-bond donors (Lipinski definition) is 3. The fourth-order valence-corrected chi connectivity index (χ4v) is 1.72. The van der Waals surface area contributed by atoms with Gasteiger partial charge in [0, 0.05) is 19.4 Å². The fraction of sp³-hybridized carbons (Fsp3) is 0.750. The molecular weight excluding hydrogens is 236 g/mol. The summed E-state index contributed by atoms with van der Waals surface area (Å²) in [6.45, 7) is 2.64. The van der Waals surface area contributed by atoms with Gasteiger partial charge in [0.05, 0.1) is 0 Å². The first kappa shape index (κ1) is 14.5. The normalized spacial score (nSPS) is 15.8. The van der Waals surface area contributed by atoms with Crippen LogP contribution >= 0.6 is 0 Å². The number of hydrogen-bond acceptors (Lipinski definition) is 3. The molecule has 0 bridgehead atoms. The summed E-state index contributed by atoms with van der Waals surface area (Å²) in [5.74, 6) is -0.229. The summed E-state index contributed by atoms with van der Waals surface area (Å²) >= 11 is 0. The molecule has 18 heavy (non-hydrogen) atoms. The number of amides is 3. The zero-order valence-corrected chi connectivity index (χ0v) is 10.6. The quantitative estimate of drug-likeness (QED) is 0.636. The number of urea groups is 1. The van der Waals surface area contributed by atoms with Crippen molar-refractivity contribution >= 4 is 17.9 Å². The molecule has 0 spiro atoms. The van der Waals surface area contributed by atoms with Crippen molar-refractivity contribution in [1.82, 2.24) is 10.6 Å². The van der Waals surface area contributed by atoms with Gasteiger partial charge in [0.25, 0.3) is 0 Å². The highest BCUT2D eigenvalue weighted by Crippen LogP contribution is 2.35. The van der Waals surface area contributed by atoms with E-state index >= 15 is 0 Å². The smallest absolute Gasteiger partial charge is 0.321 e. The van der Waals surface area contributed by atoms with Crippen LogP contribution in [0.4, 0.5) is 4.79 Å². The third-order valence-electron chi connectivity index (χ3n) is 3.06. The molecule has 0 aromatic carbocycles. The summed E-state index contributed by atoms with van der Waals surface area (Å²) in [6.07, 6.45) is 2.68. The summed E-state index contributed by atoms with van der Waals surface area (Å²) in [7, 11) is 0.